The molecule has 70 heavy (non-hydrogen) atoms. The van der Waals surface area contributed by atoms with Gasteiger partial charge in [-0.1, -0.05) is 6.07 Å². The average Bonchev–Trinajstić information content (AvgIpc) is 3.25. The molecule has 6 aromatic carbocycles. The molecule has 0 aliphatic rings. The smallest absolute Gasteiger partial charge is 0.744 e. The van der Waals surface area contributed by atoms with Crippen LogP contribution in [0.1, 0.15) is 5.56 Å². The van der Waals surface area contributed by atoms with Crippen LogP contribution in [-0.2, 0) is 39.0 Å². The third-order valence-electron chi connectivity index (χ3n) is 9.25. The maximum Gasteiger partial charge on any atom is 1.00 e. The van der Waals surface area contributed by atoms with Gasteiger partial charge in [-0.05, 0) is 91.3 Å². The molecule has 0 fully saturated rings. The van der Waals surface area contributed by atoms with Crippen LogP contribution in [0.25, 0.3) is 21.5 Å². The van der Waals surface area contributed by atoms with Crippen LogP contribution in [0.2, 0.25) is 0 Å². The number of quaternary nitrogens is 1. The van der Waals surface area contributed by atoms with Crippen molar-refractivity contribution in [1.82, 2.24) is 19.4 Å². The Hall–Kier alpha value is -2.18. The zero-order chi connectivity index (χ0) is 47.4. The molecule has 0 saturated heterocycles. The summed E-state index contributed by atoms with van der Waals surface area (Å²) in [5, 5.41) is 50.6. The quantitative estimate of drug-likeness (QED) is 0.0165. The molecule has 1 heterocycles. The molecule has 7 aromatic rings. The van der Waals surface area contributed by atoms with E-state index in [1.807, 2.05) is 45.4 Å². The minimum Gasteiger partial charge on any atom is -0.744 e. The van der Waals surface area contributed by atoms with E-state index in [0.717, 1.165) is 30.0 Å². The molecule has 0 amide bonds. The third-order valence-corrected chi connectivity index (χ3v) is 12.1. The Morgan fingerprint density at radius 3 is 1.66 bits per heavy atom. The number of benzene rings is 6. The summed E-state index contributed by atoms with van der Waals surface area (Å²) >= 11 is 0.730. The molecule has 0 radical (unpaired) electrons. The number of hydrogen-bond acceptors (Lipinski definition) is 23. The summed E-state index contributed by atoms with van der Waals surface area (Å²) in [6.07, 6.45) is -1.00. The summed E-state index contributed by atoms with van der Waals surface area (Å²) in [5.74, 6) is -0.0683. The number of rotatable bonds is 17. The molecular formula is C39H30FN10Na4O12S4+. The first-order valence-electron chi connectivity index (χ1n) is 18.5. The van der Waals surface area contributed by atoms with E-state index in [1.165, 1.54) is 18.2 Å². The fourth-order valence-electron chi connectivity index (χ4n) is 6.28. The molecule has 22 nitrogen and oxygen atoms in total. The predicted octanol–water partition coefficient (Wildman–Crippen LogP) is -4.57. The molecule has 0 saturated carbocycles. The van der Waals surface area contributed by atoms with Crippen molar-refractivity contribution >= 4 is 118 Å². The van der Waals surface area contributed by atoms with Gasteiger partial charge in [0, 0.05) is 54.8 Å². The van der Waals surface area contributed by atoms with Crippen molar-refractivity contribution in [3.8, 4) is 0 Å². The molecular weight excluding hydrogens is 1040 g/mol. The van der Waals surface area contributed by atoms with Crippen molar-refractivity contribution in [1.29, 1.82) is 0 Å². The maximum absolute atomic E-state index is 14.5. The molecule has 7 rings (SSSR count). The number of nitrogens with zero attached hydrogens (tertiary/aromatic N) is 8. The number of azo groups is 2. The van der Waals surface area contributed by atoms with Crippen LogP contribution in [-0.4, -0.2) is 62.0 Å². The van der Waals surface area contributed by atoms with E-state index in [9.17, 15) is 40.8 Å². The molecule has 0 unspecified atom stereocenters. The zero-order valence-electron chi connectivity index (χ0n) is 38.2. The van der Waals surface area contributed by atoms with Gasteiger partial charge in [0.25, 0.3) is 0 Å². The van der Waals surface area contributed by atoms with Crippen molar-refractivity contribution in [2.45, 2.75) is 26.5 Å². The van der Waals surface area contributed by atoms with Crippen LogP contribution in [0.15, 0.2) is 137 Å². The van der Waals surface area contributed by atoms with E-state index >= 15 is 0 Å². The van der Waals surface area contributed by atoms with Gasteiger partial charge in [0.2, 0.25) is 11.9 Å². The maximum atomic E-state index is 14.5. The van der Waals surface area contributed by atoms with Crippen molar-refractivity contribution in [2.75, 3.05) is 31.8 Å². The van der Waals surface area contributed by atoms with E-state index in [2.05, 4.69) is 64.8 Å². The average molecular weight is 1070 g/mol. The summed E-state index contributed by atoms with van der Waals surface area (Å²) in [5.41, 5.74) is 3.41. The van der Waals surface area contributed by atoms with E-state index in [4.69, 9.17) is 0 Å². The molecule has 0 atom stereocenters. The van der Waals surface area contributed by atoms with Crippen LogP contribution >= 0.6 is 24.1 Å². The number of hydrogen-bond donors (Lipinski definition) is 2. The number of aryl methyl sites for hydroxylation is 1. The number of anilines is 4. The summed E-state index contributed by atoms with van der Waals surface area (Å²) in [4.78, 5) is 10.0. The van der Waals surface area contributed by atoms with Crippen molar-refractivity contribution in [2.24, 2.45) is 20.5 Å². The van der Waals surface area contributed by atoms with Gasteiger partial charge < -0.3 is 30.3 Å². The van der Waals surface area contributed by atoms with Gasteiger partial charge in [-0.25, -0.2) is 16.8 Å². The Morgan fingerprint density at radius 1 is 0.571 bits per heavy atom. The van der Waals surface area contributed by atoms with Gasteiger partial charge in [0.15, 0.2) is 0 Å². The van der Waals surface area contributed by atoms with Crippen LogP contribution < -0.4 is 144 Å². The first kappa shape index (κ1) is 62.1. The minimum atomic E-state index is -5.35. The largest absolute Gasteiger partial charge is 1.00 e. The molecule has 31 heteroatoms. The molecule has 2 N–H and O–H groups in total. The Labute approximate surface area is 496 Å². The molecule has 0 aliphatic heterocycles. The second kappa shape index (κ2) is 26.9. The van der Waals surface area contributed by atoms with E-state index in [1.54, 1.807) is 37.3 Å². The van der Waals surface area contributed by atoms with Crippen molar-refractivity contribution in [3.05, 3.63) is 109 Å². The third kappa shape index (κ3) is 16.2. The Morgan fingerprint density at radius 2 is 1.07 bits per heavy atom. The first-order valence-corrected chi connectivity index (χ1v) is 22.8. The van der Waals surface area contributed by atoms with E-state index < -0.39 is 46.9 Å². The Kier molecular flexibility index (Phi) is 23.8. The fraction of sp³-hybridized carbons (Fsp3) is 0.103. The molecule has 342 valence electrons. The topological polar surface area (TPSA) is 310 Å². The summed E-state index contributed by atoms with van der Waals surface area (Å²) < 4.78 is 97.9. The minimum absolute atomic E-state index is 0. The number of fused-ring (bicyclic) bond motifs is 2. The van der Waals surface area contributed by atoms with Crippen molar-refractivity contribution < 1.29 is 178 Å². The van der Waals surface area contributed by atoms with Gasteiger partial charge >= 0.3 is 124 Å². The van der Waals surface area contributed by atoms with Crippen LogP contribution in [0.5, 0.6) is 0 Å². The number of aromatic nitrogens is 3. The standard InChI is InChI=1S/C39H33FN10O12S4.4Na/c1-21-15-23(42-39-44-37(40)43-38(45-39)41-22-5-8-25(9-6-22)50(2,3)4)7-12-32(21)47-49-33-13-14-34(29-18-26(63-61-59-51)10-11-28(29)33)48-46-24-16-30-31(35(17-24)65(53,54)55)19-27(64-62-60-52)20-36(30)66(56,57)58;;;;/h5-20H,1-4H3,(H5-,41,42,43,44,45,51,52,53,54,55,56,57,58);;;;/q;4*+1/p-3. The predicted molar refractivity (Wildman–Crippen MR) is 232 cm³/mol. The summed E-state index contributed by atoms with van der Waals surface area (Å²) in [7, 11) is -4.58. The van der Waals surface area contributed by atoms with Gasteiger partial charge in [0.1, 0.15) is 25.9 Å². The molecule has 1 aromatic heterocycles. The summed E-state index contributed by atoms with van der Waals surface area (Å²) in [6, 6.07) is 23.9. The molecule has 0 bridgehead atoms. The second-order valence-electron chi connectivity index (χ2n) is 14.6. The monoisotopic (exact) mass is 1070 g/mol. The number of halogens is 1. The van der Waals surface area contributed by atoms with E-state index in [-0.39, 0.29) is 158 Å². The van der Waals surface area contributed by atoms with E-state index in [0.29, 0.717) is 60.5 Å². The molecule has 0 aliphatic carbocycles. The van der Waals surface area contributed by atoms with Gasteiger partial charge in [0.05, 0.1) is 77.8 Å². The van der Waals surface area contributed by atoms with Gasteiger partial charge in [-0.2, -0.15) is 38.2 Å². The first-order chi connectivity index (χ1) is 31.3. The van der Waals surface area contributed by atoms with Gasteiger partial charge in [-0.15, -0.1) is 10.2 Å². The second-order valence-corrected chi connectivity index (χ2v) is 18.8. The van der Waals surface area contributed by atoms with Crippen LogP contribution in [0, 0.1) is 13.0 Å². The van der Waals surface area contributed by atoms with Crippen LogP contribution in [0.3, 0.4) is 0 Å². The van der Waals surface area contributed by atoms with Crippen LogP contribution in [0.4, 0.5) is 56.1 Å². The SMILES string of the molecule is Cc1cc(Nc2nc(F)nc(Nc3ccc([N+](C)(C)C)cc3)n2)ccc1N=Nc1ccc(N=Nc2cc(S(=O)(=O)[O-])c3cc(SOO[O-])cc(S(=O)(=O)[O-])c3c2)c2cc(SOO[O-])ccc12.[Na+].[Na+].[Na+].[Na+]. The summed E-state index contributed by atoms with van der Waals surface area (Å²) in [6.45, 7) is 1.77. The number of nitrogens with one attached hydrogen (secondary N) is 2. The van der Waals surface area contributed by atoms with Gasteiger partial charge in [-0.3, -0.25) is 14.6 Å². The van der Waals surface area contributed by atoms with Crippen molar-refractivity contribution in [3.63, 3.8) is 0 Å². The Balaban J connectivity index is 0.00000324. The molecule has 0 spiro atoms. The zero-order valence-corrected chi connectivity index (χ0v) is 49.5. The normalized spacial score (nSPS) is 11.8. The Bertz CT molecular complexity index is 3300. The fourth-order valence-corrected chi connectivity index (χ4v) is 8.60.